The van der Waals surface area contributed by atoms with Crippen LogP contribution in [0.3, 0.4) is 0 Å². The zero-order valence-electron chi connectivity index (χ0n) is 17.4. The molecule has 0 N–H and O–H groups in total. The Morgan fingerprint density at radius 2 is 0.960 bits per heavy atom. The molecule has 2 saturated heterocycles. The fourth-order valence-corrected chi connectivity index (χ4v) is 5.09. The minimum absolute atomic E-state index is 0.984. The highest BCUT2D eigenvalue weighted by Gasteiger charge is 2.30. The second-order valence-corrected chi connectivity index (χ2v) is 8.91. The number of unbranched alkanes of at least 4 members (excludes halogenated alkanes) is 2. The molecular formula is C22H46N2O+2. The van der Waals surface area contributed by atoms with Gasteiger partial charge in [0.05, 0.1) is 52.5 Å². The van der Waals surface area contributed by atoms with E-state index in [1.807, 2.05) is 0 Å². The summed E-state index contributed by atoms with van der Waals surface area (Å²) in [6.45, 7) is 17.5. The van der Waals surface area contributed by atoms with Gasteiger partial charge >= 0.3 is 0 Å². The molecule has 0 bridgehead atoms. The van der Waals surface area contributed by atoms with Gasteiger partial charge in [-0.1, -0.05) is 26.7 Å². The summed E-state index contributed by atoms with van der Waals surface area (Å²) in [7, 11) is 0. The number of rotatable bonds is 12. The molecule has 0 aromatic rings. The molecule has 2 heterocycles. The summed E-state index contributed by atoms with van der Waals surface area (Å²) in [6.07, 6.45) is 14.1. The van der Waals surface area contributed by atoms with Crippen molar-refractivity contribution in [2.24, 2.45) is 0 Å². The number of hydrogen-bond acceptors (Lipinski definition) is 1. The fourth-order valence-electron chi connectivity index (χ4n) is 5.09. The molecule has 2 aliphatic heterocycles. The first-order valence-electron chi connectivity index (χ1n) is 11.5. The lowest BCUT2D eigenvalue weighted by Gasteiger charge is -2.42. The summed E-state index contributed by atoms with van der Waals surface area (Å²) in [6, 6.07) is 0. The third-order valence-electron chi connectivity index (χ3n) is 6.92. The van der Waals surface area contributed by atoms with Crippen LogP contribution in [-0.2, 0) is 4.74 Å². The van der Waals surface area contributed by atoms with Gasteiger partial charge in [-0.3, -0.25) is 0 Å². The monoisotopic (exact) mass is 354 g/mol. The van der Waals surface area contributed by atoms with E-state index < -0.39 is 0 Å². The smallest absolute Gasteiger partial charge is 0.102 e. The predicted molar refractivity (Wildman–Crippen MR) is 108 cm³/mol. The Morgan fingerprint density at radius 1 is 0.560 bits per heavy atom. The fraction of sp³-hybridized carbons (Fsp3) is 1.00. The van der Waals surface area contributed by atoms with E-state index >= 15 is 0 Å². The van der Waals surface area contributed by atoms with Crippen LogP contribution in [0.4, 0.5) is 0 Å². The first kappa shape index (κ1) is 21.2. The molecule has 0 unspecified atom stereocenters. The van der Waals surface area contributed by atoms with Crippen molar-refractivity contribution in [2.75, 3.05) is 65.6 Å². The molecule has 25 heavy (non-hydrogen) atoms. The number of quaternary nitrogens is 2. The van der Waals surface area contributed by atoms with Gasteiger partial charge in [0.1, 0.15) is 13.1 Å². The van der Waals surface area contributed by atoms with Gasteiger partial charge in [0.25, 0.3) is 0 Å². The topological polar surface area (TPSA) is 9.23 Å². The standard InChI is InChI=1S/C22H46N2O/c1-3-5-13-23(15-9-7-10-16-23)19-21-25-22-20-24(14-6-4-2)17-11-8-12-18-24/h3-22H2,1-2H3/q+2. The Bertz CT molecular complexity index is 301. The highest BCUT2D eigenvalue weighted by Crippen LogP contribution is 2.21. The highest BCUT2D eigenvalue weighted by atomic mass is 16.5. The Kier molecular flexibility index (Phi) is 9.80. The lowest BCUT2D eigenvalue weighted by molar-refractivity contribution is -0.936. The van der Waals surface area contributed by atoms with Gasteiger partial charge in [-0.25, -0.2) is 0 Å². The molecule has 0 aromatic heterocycles. The lowest BCUT2D eigenvalue weighted by Crippen LogP contribution is -2.55. The quantitative estimate of drug-likeness (QED) is 0.367. The molecule has 2 fully saturated rings. The van der Waals surface area contributed by atoms with Crippen molar-refractivity contribution in [3.8, 4) is 0 Å². The lowest BCUT2D eigenvalue weighted by atomic mass is 10.1. The molecule has 2 aliphatic rings. The summed E-state index contributed by atoms with van der Waals surface area (Å²) < 4.78 is 8.92. The van der Waals surface area contributed by atoms with E-state index in [2.05, 4.69) is 13.8 Å². The maximum Gasteiger partial charge on any atom is 0.102 e. The van der Waals surface area contributed by atoms with Crippen LogP contribution in [0.5, 0.6) is 0 Å². The minimum atomic E-state index is 0.984. The van der Waals surface area contributed by atoms with E-state index in [9.17, 15) is 0 Å². The molecule has 0 amide bonds. The Balaban J connectivity index is 1.70. The van der Waals surface area contributed by atoms with Crippen molar-refractivity contribution in [1.29, 1.82) is 0 Å². The van der Waals surface area contributed by atoms with Gasteiger partial charge in [0, 0.05) is 0 Å². The molecule has 0 spiro atoms. The van der Waals surface area contributed by atoms with Gasteiger partial charge in [-0.15, -0.1) is 0 Å². The molecular weight excluding hydrogens is 308 g/mol. The molecule has 3 nitrogen and oxygen atoms in total. The molecule has 0 saturated carbocycles. The highest BCUT2D eigenvalue weighted by molar-refractivity contribution is 4.57. The average Bonchev–Trinajstić information content (AvgIpc) is 2.66. The van der Waals surface area contributed by atoms with Crippen LogP contribution in [0, 0.1) is 0 Å². The average molecular weight is 355 g/mol. The summed E-state index contributed by atoms with van der Waals surface area (Å²) in [4.78, 5) is 0. The molecule has 0 atom stereocenters. The zero-order valence-corrected chi connectivity index (χ0v) is 17.4. The van der Waals surface area contributed by atoms with Crippen molar-refractivity contribution < 1.29 is 13.7 Å². The van der Waals surface area contributed by atoms with Gasteiger partial charge < -0.3 is 13.7 Å². The number of ether oxygens (including phenoxy) is 1. The largest absolute Gasteiger partial charge is 0.370 e. The number of piperidine rings is 2. The maximum absolute atomic E-state index is 6.22. The number of nitrogens with zero attached hydrogens (tertiary/aromatic N) is 2. The normalized spacial score (nSPS) is 22.8. The van der Waals surface area contributed by atoms with E-state index in [0.29, 0.717) is 0 Å². The number of hydrogen-bond donors (Lipinski definition) is 0. The molecule has 3 heteroatoms. The van der Waals surface area contributed by atoms with Crippen LogP contribution in [0.2, 0.25) is 0 Å². The summed E-state index contributed by atoms with van der Waals surface area (Å²) in [5, 5.41) is 0. The Hall–Kier alpha value is -0.120. The second kappa shape index (κ2) is 11.6. The summed E-state index contributed by atoms with van der Waals surface area (Å²) >= 11 is 0. The first-order chi connectivity index (χ1) is 12.2. The van der Waals surface area contributed by atoms with Crippen molar-refractivity contribution in [3.63, 3.8) is 0 Å². The van der Waals surface area contributed by atoms with Crippen LogP contribution in [0.15, 0.2) is 0 Å². The predicted octanol–water partition coefficient (Wildman–Crippen LogP) is 4.60. The van der Waals surface area contributed by atoms with Crippen LogP contribution in [0.25, 0.3) is 0 Å². The summed E-state index contributed by atoms with van der Waals surface area (Å²) in [5.41, 5.74) is 0. The zero-order chi connectivity index (χ0) is 17.8. The van der Waals surface area contributed by atoms with E-state index in [4.69, 9.17) is 4.74 Å². The van der Waals surface area contributed by atoms with Gasteiger partial charge in [-0.2, -0.15) is 0 Å². The summed E-state index contributed by atoms with van der Waals surface area (Å²) in [5.74, 6) is 0. The van der Waals surface area contributed by atoms with Crippen molar-refractivity contribution >= 4 is 0 Å². The molecule has 0 aliphatic carbocycles. The molecule has 0 aromatic carbocycles. The second-order valence-electron chi connectivity index (χ2n) is 8.91. The third-order valence-corrected chi connectivity index (χ3v) is 6.92. The number of likely N-dealkylation sites (tertiary alicyclic amines) is 2. The van der Waals surface area contributed by atoms with Crippen molar-refractivity contribution in [1.82, 2.24) is 0 Å². The van der Waals surface area contributed by atoms with Gasteiger partial charge in [-0.05, 0) is 51.4 Å². The Morgan fingerprint density at radius 3 is 1.32 bits per heavy atom. The maximum atomic E-state index is 6.22. The first-order valence-corrected chi connectivity index (χ1v) is 11.5. The van der Waals surface area contributed by atoms with Gasteiger partial charge in [0.2, 0.25) is 0 Å². The van der Waals surface area contributed by atoms with Crippen LogP contribution >= 0.6 is 0 Å². The molecule has 2 rings (SSSR count). The van der Waals surface area contributed by atoms with E-state index in [-0.39, 0.29) is 0 Å². The van der Waals surface area contributed by atoms with Crippen LogP contribution in [0.1, 0.15) is 78.1 Å². The van der Waals surface area contributed by atoms with E-state index in [0.717, 1.165) is 13.2 Å². The molecule has 148 valence electrons. The minimum Gasteiger partial charge on any atom is -0.370 e. The Labute approximate surface area is 157 Å². The molecule has 0 radical (unpaired) electrons. The van der Waals surface area contributed by atoms with Crippen LogP contribution < -0.4 is 0 Å². The van der Waals surface area contributed by atoms with Crippen molar-refractivity contribution in [3.05, 3.63) is 0 Å². The van der Waals surface area contributed by atoms with E-state index in [1.165, 1.54) is 126 Å². The third kappa shape index (κ3) is 7.19. The van der Waals surface area contributed by atoms with Gasteiger partial charge in [0.15, 0.2) is 0 Å². The van der Waals surface area contributed by atoms with E-state index in [1.54, 1.807) is 0 Å². The van der Waals surface area contributed by atoms with Crippen molar-refractivity contribution in [2.45, 2.75) is 78.1 Å². The van der Waals surface area contributed by atoms with Crippen LogP contribution in [-0.4, -0.2) is 74.5 Å². The SMILES string of the molecule is CCCC[N+]1(CCOCC[N+]2(CCCC)CCCCC2)CCCCC1.